The minimum atomic E-state index is -0.866. The Morgan fingerprint density at radius 2 is 1.62 bits per heavy atom. The Bertz CT molecular complexity index is 661. The van der Waals surface area contributed by atoms with Crippen molar-refractivity contribution in [2.45, 2.75) is 6.92 Å². The lowest BCUT2D eigenvalue weighted by Gasteiger charge is -1.99. The Kier molecular flexibility index (Phi) is 5.30. The average molecular weight is 294 g/mol. The monoisotopic (exact) mass is 294 g/mol. The van der Waals surface area contributed by atoms with E-state index in [-0.39, 0.29) is 11.4 Å². The number of aryl methyl sites for hydroxylation is 1. The first-order valence-electron chi connectivity index (χ1n) is 5.66. The molecule has 110 valence electrons. The van der Waals surface area contributed by atoms with Crippen molar-refractivity contribution in [1.29, 1.82) is 0 Å². The minimum Gasteiger partial charge on any atom is -0.502 e. The van der Waals surface area contributed by atoms with E-state index in [2.05, 4.69) is 0 Å². The van der Waals surface area contributed by atoms with Crippen molar-refractivity contribution >= 4 is 11.4 Å². The summed E-state index contributed by atoms with van der Waals surface area (Å²) in [6.45, 7) is 1.36. The summed E-state index contributed by atoms with van der Waals surface area (Å²) in [5.74, 6) is -0.719. The molecule has 21 heavy (non-hydrogen) atoms. The van der Waals surface area contributed by atoms with Crippen LogP contribution in [0.2, 0.25) is 0 Å². The molecule has 0 radical (unpaired) electrons. The Balaban J connectivity index is 0.000000262. The highest BCUT2D eigenvalue weighted by Crippen LogP contribution is 2.33. The van der Waals surface area contributed by atoms with Crippen LogP contribution < -0.4 is 0 Å². The van der Waals surface area contributed by atoms with Gasteiger partial charge < -0.3 is 5.11 Å². The van der Waals surface area contributed by atoms with Crippen molar-refractivity contribution in [3.63, 3.8) is 0 Å². The molecule has 0 fully saturated rings. The predicted molar refractivity (Wildman–Crippen MR) is 72.6 cm³/mol. The second-order valence-corrected chi connectivity index (χ2v) is 3.94. The maximum absolute atomic E-state index is 11.9. The van der Waals surface area contributed by atoms with E-state index in [1.165, 1.54) is 19.1 Å². The van der Waals surface area contributed by atoms with Crippen LogP contribution in [0.3, 0.4) is 0 Å². The minimum absolute atomic E-state index is 0.103. The van der Waals surface area contributed by atoms with Crippen molar-refractivity contribution in [3.8, 4) is 5.75 Å². The summed E-state index contributed by atoms with van der Waals surface area (Å²) in [5.41, 5.74) is -0.963. The number of phenols is 1. The van der Waals surface area contributed by atoms with Gasteiger partial charge in [0.2, 0.25) is 0 Å². The molecule has 1 N–H and O–H groups in total. The molecule has 0 atom stereocenters. The van der Waals surface area contributed by atoms with Gasteiger partial charge in [-0.1, -0.05) is 18.2 Å². The molecule has 0 aliphatic heterocycles. The van der Waals surface area contributed by atoms with Gasteiger partial charge in [-0.15, -0.1) is 0 Å². The summed E-state index contributed by atoms with van der Waals surface area (Å²) < 4.78 is 11.9. The van der Waals surface area contributed by atoms with Crippen LogP contribution >= 0.6 is 0 Å². The lowest BCUT2D eigenvalue weighted by molar-refractivity contribution is -0.394. The molecule has 2 aromatic carbocycles. The van der Waals surface area contributed by atoms with E-state index in [0.717, 1.165) is 12.1 Å². The van der Waals surface area contributed by atoms with Crippen molar-refractivity contribution in [3.05, 3.63) is 74.1 Å². The number of nitro benzene ring substituents is 2. The number of rotatable bonds is 2. The lowest BCUT2D eigenvalue weighted by Crippen LogP contribution is -1.94. The van der Waals surface area contributed by atoms with E-state index in [1.54, 1.807) is 18.2 Å². The zero-order valence-corrected chi connectivity index (χ0v) is 10.9. The molecule has 2 aromatic rings. The summed E-state index contributed by atoms with van der Waals surface area (Å²) in [5, 5.41) is 29.9. The number of phenolic OH excluding ortho intramolecular Hbond substituents is 1. The molecule has 0 heterocycles. The van der Waals surface area contributed by atoms with Crippen LogP contribution in [0.1, 0.15) is 5.56 Å². The molecular formula is C13H11FN2O5. The lowest BCUT2D eigenvalue weighted by atomic mass is 10.1. The van der Waals surface area contributed by atoms with Gasteiger partial charge in [0, 0.05) is 11.6 Å². The fourth-order valence-corrected chi connectivity index (χ4v) is 1.40. The molecule has 0 bridgehead atoms. The van der Waals surface area contributed by atoms with E-state index in [4.69, 9.17) is 0 Å². The molecule has 7 nitrogen and oxygen atoms in total. The number of hydrogen-bond donors (Lipinski definition) is 1. The van der Waals surface area contributed by atoms with Crippen molar-refractivity contribution in [2.75, 3.05) is 0 Å². The SMILES string of the molecule is Cc1cc([N+](=O)[O-])cc([N+](=O)[O-])c1O.Fc1ccccc1. The van der Waals surface area contributed by atoms with Gasteiger partial charge in [-0.25, -0.2) is 4.39 Å². The van der Waals surface area contributed by atoms with Gasteiger partial charge >= 0.3 is 5.69 Å². The largest absolute Gasteiger partial charge is 0.502 e. The molecule has 0 aliphatic rings. The molecule has 0 unspecified atom stereocenters. The molecule has 2 rings (SSSR count). The van der Waals surface area contributed by atoms with Gasteiger partial charge in [0.05, 0.1) is 15.9 Å². The van der Waals surface area contributed by atoms with Gasteiger partial charge in [0.1, 0.15) is 5.82 Å². The second-order valence-electron chi connectivity index (χ2n) is 3.94. The number of halogens is 1. The Hall–Kier alpha value is -3.03. The number of hydrogen-bond acceptors (Lipinski definition) is 5. The van der Waals surface area contributed by atoms with Crippen molar-refractivity contribution in [1.82, 2.24) is 0 Å². The third-order valence-corrected chi connectivity index (χ3v) is 2.41. The van der Waals surface area contributed by atoms with Crippen LogP contribution in [0.15, 0.2) is 42.5 Å². The zero-order valence-electron chi connectivity index (χ0n) is 10.9. The Morgan fingerprint density at radius 1 is 1.05 bits per heavy atom. The molecule has 0 amide bonds. The van der Waals surface area contributed by atoms with Gasteiger partial charge in [-0.3, -0.25) is 20.2 Å². The van der Waals surface area contributed by atoms with Gasteiger partial charge in [0.15, 0.2) is 5.75 Å². The number of non-ortho nitro benzene ring substituents is 1. The summed E-state index contributed by atoms with van der Waals surface area (Å²) >= 11 is 0. The topological polar surface area (TPSA) is 107 Å². The van der Waals surface area contributed by atoms with E-state index >= 15 is 0 Å². The van der Waals surface area contributed by atoms with Gasteiger partial charge in [-0.05, 0) is 19.1 Å². The van der Waals surface area contributed by atoms with Crippen LogP contribution in [0, 0.1) is 33.0 Å². The number of nitrogens with zero attached hydrogens (tertiary/aromatic N) is 2. The standard InChI is InChI=1S/C7H6N2O5.C6H5F/c1-4-2-5(8(11)12)3-6(7(4)10)9(13)14;7-6-4-2-1-3-5-6/h2-3,10H,1H3;1-5H. The van der Waals surface area contributed by atoms with Gasteiger partial charge in [-0.2, -0.15) is 0 Å². The third-order valence-electron chi connectivity index (χ3n) is 2.41. The van der Waals surface area contributed by atoms with Crippen LogP contribution in [0.5, 0.6) is 5.75 Å². The van der Waals surface area contributed by atoms with E-state index in [1.807, 2.05) is 0 Å². The highest BCUT2D eigenvalue weighted by Gasteiger charge is 2.21. The number of aromatic hydroxyl groups is 1. The second kappa shape index (κ2) is 6.94. The molecule has 0 spiro atoms. The van der Waals surface area contributed by atoms with E-state index < -0.39 is 27.0 Å². The van der Waals surface area contributed by atoms with Crippen LogP contribution in [-0.4, -0.2) is 15.0 Å². The normalized spacial score (nSPS) is 9.43. The maximum atomic E-state index is 11.9. The van der Waals surface area contributed by atoms with Crippen LogP contribution in [-0.2, 0) is 0 Å². The highest BCUT2D eigenvalue weighted by molar-refractivity contribution is 5.57. The smallest absolute Gasteiger partial charge is 0.317 e. The van der Waals surface area contributed by atoms with E-state index in [0.29, 0.717) is 0 Å². The molecule has 0 aromatic heterocycles. The van der Waals surface area contributed by atoms with Crippen molar-refractivity contribution < 1.29 is 19.3 Å². The zero-order chi connectivity index (χ0) is 16.0. The van der Waals surface area contributed by atoms with E-state index in [9.17, 15) is 29.7 Å². The first-order valence-corrected chi connectivity index (χ1v) is 5.66. The fourth-order valence-electron chi connectivity index (χ4n) is 1.40. The summed E-state index contributed by atoms with van der Waals surface area (Å²) in [6, 6.07) is 9.73. The Morgan fingerprint density at radius 3 is 2.00 bits per heavy atom. The fraction of sp³-hybridized carbons (Fsp3) is 0.0769. The summed E-state index contributed by atoms with van der Waals surface area (Å²) in [7, 11) is 0. The highest BCUT2D eigenvalue weighted by atomic mass is 19.1. The average Bonchev–Trinajstić information content (AvgIpc) is 2.42. The molecule has 8 heteroatoms. The maximum Gasteiger partial charge on any atom is 0.317 e. The summed E-state index contributed by atoms with van der Waals surface area (Å²) in [6.07, 6.45) is 0. The number of benzene rings is 2. The van der Waals surface area contributed by atoms with Crippen molar-refractivity contribution in [2.24, 2.45) is 0 Å². The summed E-state index contributed by atoms with van der Waals surface area (Å²) in [4.78, 5) is 19.1. The Labute approximate surface area is 118 Å². The molecule has 0 saturated carbocycles. The third kappa shape index (κ3) is 4.53. The van der Waals surface area contributed by atoms with Gasteiger partial charge in [0.25, 0.3) is 5.69 Å². The molecular weight excluding hydrogens is 283 g/mol. The van der Waals surface area contributed by atoms with Crippen LogP contribution in [0.25, 0.3) is 0 Å². The predicted octanol–water partition coefficient (Wildman–Crippen LogP) is 3.34. The molecule has 0 saturated heterocycles. The quantitative estimate of drug-likeness (QED) is 0.675. The number of nitro groups is 2. The first-order chi connectivity index (χ1) is 9.82. The first kappa shape index (κ1) is 16.0. The van der Waals surface area contributed by atoms with Crippen LogP contribution in [0.4, 0.5) is 15.8 Å². The molecule has 0 aliphatic carbocycles.